The average Bonchev–Trinajstić information content (AvgIpc) is 3.28. The predicted octanol–water partition coefficient (Wildman–Crippen LogP) is 3.56. The van der Waals surface area contributed by atoms with E-state index >= 15 is 0 Å². The Morgan fingerprint density at radius 3 is 2.62 bits per heavy atom. The average molecular weight is 394 g/mol. The summed E-state index contributed by atoms with van der Waals surface area (Å²) >= 11 is 0. The van der Waals surface area contributed by atoms with Gasteiger partial charge in [0.2, 0.25) is 0 Å². The van der Waals surface area contributed by atoms with Gasteiger partial charge in [-0.15, -0.1) is 0 Å². The van der Waals surface area contributed by atoms with Gasteiger partial charge in [0.15, 0.2) is 13.2 Å². The fraction of sp³-hybridized carbons (Fsp3) is 0.318. The van der Waals surface area contributed by atoms with E-state index in [1.807, 2.05) is 6.07 Å². The zero-order chi connectivity index (χ0) is 20.5. The minimum absolute atomic E-state index is 0.303. The Morgan fingerprint density at radius 1 is 1.14 bits per heavy atom. The fourth-order valence-corrected chi connectivity index (χ4v) is 3.00. The number of carbonyl (C=O) groups excluding carboxylic acids is 2. The van der Waals surface area contributed by atoms with Crippen LogP contribution in [0.4, 0.5) is 0 Å². The van der Waals surface area contributed by atoms with Crippen LogP contribution < -0.4 is 4.74 Å². The highest BCUT2D eigenvalue weighted by Gasteiger charge is 2.22. The lowest BCUT2D eigenvalue weighted by molar-refractivity contribution is -0.153. The van der Waals surface area contributed by atoms with Crippen LogP contribution in [0.2, 0.25) is 0 Å². The molecular weight excluding hydrogens is 372 g/mol. The summed E-state index contributed by atoms with van der Waals surface area (Å²) in [4.78, 5) is 26.3. The van der Waals surface area contributed by atoms with Crippen LogP contribution in [0.15, 0.2) is 58.9 Å². The number of amides is 1. The van der Waals surface area contributed by atoms with Gasteiger partial charge in [-0.1, -0.05) is 6.08 Å². The lowest BCUT2D eigenvalue weighted by Crippen LogP contribution is -2.34. The van der Waals surface area contributed by atoms with Crippen molar-refractivity contribution in [2.45, 2.75) is 32.2 Å². The standard InChI is InChI=1S/C22H22N2O5/c23-13-17-8-10-19(11-9-17)28-16-22(26)29-15-21(25)24(14-20-7-4-12-27-20)18-5-2-1-3-6-18/h4-5,7-12H,1-3,6,14-16H2. The second kappa shape index (κ2) is 10.1. The molecule has 1 heterocycles. The topological polar surface area (TPSA) is 92.8 Å². The number of furan rings is 1. The molecule has 7 heteroatoms. The van der Waals surface area contributed by atoms with Crippen molar-refractivity contribution >= 4 is 11.9 Å². The summed E-state index contributed by atoms with van der Waals surface area (Å²) in [6, 6.07) is 12.0. The van der Waals surface area contributed by atoms with Crippen LogP contribution in [-0.4, -0.2) is 30.0 Å². The summed E-state index contributed by atoms with van der Waals surface area (Å²) < 4.78 is 15.8. The molecule has 0 aliphatic heterocycles. The van der Waals surface area contributed by atoms with E-state index in [1.54, 1.807) is 47.6 Å². The summed E-state index contributed by atoms with van der Waals surface area (Å²) in [7, 11) is 0. The van der Waals surface area contributed by atoms with Crippen LogP contribution in [0, 0.1) is 11.3 Å². The van der Waals surface area contributed by atoms with Gasteiger partial charge < -0.3 is 18.8 Å². The van der Waals surface area contributed by atoms with E-state index in [9.17, 15) is 9.59 Å². The van der Waals surface area contributed by atoms with Crippen molar-refractivity contribution in [3.05, 3.63) is 65.8 Å². The Labute approximate surface area is 169 Å². The van der Waals surface area contributed by atoms with Gasteiger partial charge in [0.25, 0.3) is 5.91 Å². The molecule has 0 saturated carbocycles. The maximum atomic E-state index is 12.7. The van der Waals surface area contributed by atoms with Gasteiger partial charge in [-0.25, -0.2) is 4.79 Å². The lowest BCUT2D eigenvalue weighted by Gasteiger charge is -2.26. The summed E-state index contributed by atoms with van der Waals surface area (Å²) in [5.74, 6) is 0.166. The van der Waals surface area contributed by atoms with E-state index in [0.29, 0.717) is 23.6 Å². The number of ether oxygens (including phenoxy) is 2. The highest BCUT2D eigenvalue weighted by Crippen LogP contribution is 2.23. The minimum atomic E-state index is -0.640. The molecule has 29 heavy (non-hydrogen) atoms. The van der Waals surface area contributed by atoms with Gasteiger partial charge in [0.05, 0.1) is 24.4 Å². The molecule has 1 amide bonds. The van der Waals surface area contributed by atoms with E-state index in [4.69, 9.17) is 19.2 Å². The van der Waals surface area contributed by atoms with E-state index in [1.165, 1.54) is 0 Å². The maximum absolute atomic E-state index is 12.7. The number of benzene rings is 1. The van der Waals surface area contributed by atoms with Crippen LogP contribution in [0.3, 0.4) is 0 Å². The molecule has 0 bridgehead atoms. The number of allylic oxidation sites excluding steroid dienone is 2. The van der Waals surface area contributed by atoms with Crippen LogP contribution in [0.1, 0.15) is 37.0 Å². The first-order valence-electron chi connectivity index (χ1n) is 9.46. The molecule has 1 aromatic heterocycles. The number of carbonyl (C=O) groups is 2. The van der Waals surface area contributed by atoms with Crippen molar-refractivity contribution in [2.24, 2.45) is 0 Å². The molecule has 0 atom stereocenters. The zero-order valence-corrected chi connectivity index (χ0v) is 16.0. The number of hydrogen-bond donors (Lipinski definition) is 0. The Hall–Kier alpha value is -3.53. The molecule has 3 rings (SSSR count). The van der Waals surface area contributed by atoms with Gasteiger partial charge in [-0.2, -0.15) is 5.26 Å². The largest absolute Gasteiger partial charge is 0.482 e. The summed E-state index contributed by atoms with van der Waals surface area (Å²) in [6.45, 7) is -0.384. The first-order valence-corrected chi connectivity index (χ1v) is 9.46. The number of hydrogen-bond acceptors (Lipinski definition) is 6. The predicted molar refractivity (Wildman–Crippen MR) is 103 cm³/mol. The van der Waals surface area contributed by atoms with Crippen molar-refractivity contribution in [1.29, 1.82) is 5.26 Å². The van der Waals surface area contributed by atoms with Crippen LogP contribution in [0.25, 0.3) is 0 Å². The molecule has 1 aliphatic carbocycles. The van der Waals surface area contributed by atoms with Gasteiger partial charge in [-0.3, -0.25) is 4.79 Å². The Balaban J connectivity index is 1.52. The van der Waals surface area contributed by atoms with Gasteiger partial charge in [0, 0.05) is 5.70 Å². The van der Waals surface area contributed by atoms with Gasteiger partial charge in [0.1, 0.15) is 11.5 Å². The smallest absolute Gasteiger partial charge is 0.344 e. The molecule has 0 saturated heterocycles. The third-order valence-electron chi connectivity index (χ3n) is 4.51. The second-order valence-electron chi connectivity index (χ2n) is 6.59. The van der Waals surface area contributed by atoms with E-state index in [2.05, 4.69) is 6.08 Å². The quantitative estimate of drug-likeness (QED) is 0.636. The Bertz CT molecular complexity index is 894. The number of esters is 1. The number of rotatable bonds is 8. The monoisotopic (exact) mass is 394 g/mol. The fourth-order valence-electron chi connectivity index (χ4n) is 3.00. The van der Waals surface area contributed by atoms with Crippen LogP contribution in [-0.2, 0) is 20.9 Å². The molecule has 150 valence electrons. The number of nitriles is 1. The normalized spacial score (nSPS) is 13.1. The zero-order valence-electron chi connectivity index (χ0n) is 16.0. The first kappa shape index (κ1) is 20.2. The first-order chi connectivity index (χ1) is 14.2. The molecule has 0 fully saturated rings. The molecule has 0 radical (unpaired) electrons. The van der Waals surface area contributed by atoms with Crippen LogP contribution in [0.5, 0.6) is 5.75 Å². The van der Waals surface area contributed by atoms with Crippen LogP contribution >= 0.6 is 0 Å². The third-order valence-corrected chi connectivity index (χ3v) is 4.51. The molecule has 1 aromatic carbocycles. The molecule has 7 nitrogen and oxygen atoms in total. The Morgan fingerprint density at radius 2 is 1.97 bits per heavy atom. The SMILES string of the molecule is N#Cc1ccc(OCC(=O)OCC(=O)N(Cc2ccco2)C2=CCCCC2)cc1. The van der Waals surface area contributed by atoms with Crippen molar-refractivity contribution in [3.63, 3.8) is 0 Å². The summed E-state index contributed by atoms with van der Waals surface area (Å²) in [5.41, 5.74) is 1.43. The molecule has 0 unspecified atom stereocenters. The third kappa shape index (κ3) is 5.98. The van der Waals surface area contributed by atoms with E-state index in [-0.39, 0.29) is 19.1 Å². The highest BCUT2D eigenvalue weighted by atomic mass is 16.6. The highest BCUT2D eigenvalue weighted by molar-refractivity contribution is 5.82. The second-order valence-corrected chi connectivity index (χ2v) is 6.59. The lowest BCUT2D eigenvalue weighted by atomic mass is 10.0. The molecular formula is C22H22N2O5. The van der Waals surface area contributed by atoms with Gasteiger partial charge in [-0.05, 0) is 62.1 Å². The molecule has 0 spiro atoms. The number of nitrogens with zero attached hydrogens (tertiary/aromatic N) is 2. The molecule has 2 aromatic rings. The molecule has 0 N–H and O–H groups in total. The summed E-state index contributed by atoms with van der Waals surface area (Å²) in [5, 5.41) is 8.78. The van der Waals surface area contributed by atoms with E-state index in [0.717, 1.165) is 31.4 Å². The van der Waals surface area contributed by atoms with Crippen molar-refractivity contribution in [2.75, 3.05) is 13.2 Å². The minimum Gasteiger partial charge on any atom is -0.482 e. The Kier molecular flexibility index (Phi) is 7.06. The van der Waals surface area contributed by atoms with Crippen molar-refractivity contribution < 1.29 is 23.5 Å². The summed E-state index contributed by atoms with van der Waals surface area (Å²) in [6.07, 6.45) is 7.48. The maximum Gasteiger partial charge on any atom is 0.344 e. The van der Waals surface area contributed by atoms with E-state index < -0.39 is 5.97 Å². The van der Waals surface area contributed by atoms with Crippen molar-refractivity contribution in [1.82, 2.24) is 4.90 Å². The van der Waals surface area contributed by atoms with Gasteiger partial charge >= 0.3 is 5.97 Å². The molecule has 1 aliphatic rings. The van der Waals surface area contributed by atoms with Crippen molar-refractivity contribution in [3.8, 4) is 11.8 Å².